The number of nitrogens with one attached hydrogen (secondary N) is 1. The quantitative estimate of drug-likeness (QED) is 0.343. The molecule has 10 heteroatoms. The smallest absolute Gasteiger partial charge is 0.338 e. The maximum Gasteiger partial charge on any atom is 0.338 e. The molecule has 1 saturated heterocycles. The van der Waals surface area contributed by atoms with Gasteiger partial charge < -0.3 is 30.0 Å². The molecule has 0 spiro atoms. The topological polar surface area (TPSA) is 143 Å². The molecule has 0 unspecified atom stereocenters. The molecular weight excluding hydrogens is 408 g/mol. The SMILES string of the molecule is CC(=O)O[C@H]1[C@H](N/C=C\C(N)=O)O[C@](C)(COC(=O)c2cccc(C)c2)[C@H]1OC(C)=O. The van der Waals surface area contributed by atoms with Crippen LogP contribution in [-0.2, 0) is 33.3 Å². The predicted octanol–water partition coefficient (Wildman–Crippen LogP) is 0.719. The van der Waals surface area contributed by atoms with Crippen molar-refractivity contribution in [3.8, 4) is 0 Å². The zero-order chi connectivity index (χ0) is 23.2. The van der Waals surface area contributed by atoms with Crippen LogP contribution < -0.4 is 11.1 Å². The molecule has 1 heterocycles. The van der Waals surface area contributed by atoms with Crippen LogP contribution in [0.3, 0.4) is 0 Å². The molecule has 0 bridgehead atoms. The molecule has 1 aromatic carbocycles. The van der Waals surface area contributed by atoms with Gasteiger partial charge in [-0.2, -0.15) is 0 Å². The summed E-state index contributed by atoms with van der Waals surface area (Å²) in [6, 6.07) is 6.85. The second-order valence-corrected chi connectivity index (χ2v) is 7.30. The predicted molar refractivity (Wildman–Crippen MR) is 107 cm³/mol. The number of rotatable bonds is 8. The third-order valence-corrected chi connectivity index (χ3v) is 4.44. The Morgan fingerprint density at radius 1 is 1.19 bits per heavy atom. The molecule has 1 fully saturated rings. The van der Waals surface area contributed by atoms with Gasteiger partial charge in [-0.15, -0.1) is 0 Å². The summed E-state index contributed by atoms with van der Waals surface area (Å²) in [7, 11) is 0. The van der Waals surface area contributed by atoms with Gasteiger partial charge in [-0.05, 0) is 26.0 Å². The Bertz CT molecular complexity index is 884. The third kappa shape index (κ3) is 6.54. The van der Waals surface area contributed by atoms with E-state index in [9.17, 15) is 19.2 Å². The van der Waals surface area contributed by atoms with Gasteiger partial charge in [-0.25, -0.2) is 4.79 Å². The van der Waals surface area contributed by atoms with Crippen molar-refractivity contribution < 1.29 is 38.1 Å². The lowest BCUT2D eigenvalue weighted by atomic mass is 9.97. The molecular formula is C21H26N2O8. The number of benzene rings is 1. The van der Waals surface area contributed by atoms with Crippen molar-refractivity contribution >= 4 is 23.8 Å². The minimum atomic E-state index is -1.36. The van der Waals surface area contributed by atoms with E-state index in [1.807, 2.05) is 13.0 Å². The van der Waals surface area contributed by atoms with Gasteiger partial charge in [0, 0.05) is 26.1 Å². The first-order valence-corrected chi connectivity index (χ1v) is 9.50. The van der Waals surface area contributed by atoms with E-state index in [1.54, 1.807) is 25.1 Å². The average Bonchev–Trinajstić information content (AvgIpc) is 2.91. The Balaban J connectivity index is 2.25. The fourth-order valence-electron chi connectivity index (χ4n) is 3.15. The largest absolute Gasteiger partial charge is 0.459 e. The van der Waals surface area contributed by atoms with Crippen molar-refractivity contribution in [2.75, 3.05) is 6.61 Å². The fraction of sp³-hybridized carbons (Fsp3) is 0.429. The number of carbonyl (C=O) groups is 4. The maximum atomic E-state index is 12.5. The number of esters is 3. The van der Waals surface area contributed by atoms with E-state index in [2.05, 4.69) is 5.32 Å². The summed E-state index contributed by atoms with van der Waals surface area (Å²) in [5, 5.41) is 2.74. The lowest BCUT2D eigenvalue weighted by Crippen LogP contribution is -2.49. The minimum absolute atomic E-state index is 0.298. The molecule has 3 N–H and O–H groups in total. The number of aryl methyl sites for hydroxylation is 1. The molecule has 1 aromatic rings. The van der Waals surface area contributed by atoms with Crippen molar-refractivity contribution in [2.24, 2.45) is 5.73 Å². The van der Waals surface area contributed by atoms with Crippen LogP contribution in [0, 0.1) is 6.92 Å². The number of amides is 1. The van der Waals surface area contributed by atoms with Crippen LogP contribution in [0.1, 0.15) is 36.7 Å². The lowest BCUT2D eigenvalue weighted by Gasteiger charge is -2.30. The summed E-state index contributed by atoms with van der Waals surface area (Å²) < 4.78 is 22.0. The highest BCUT2D eigenvalue weighted by Gasteiger charge is 2.57. The molecule has 1 amide bonds. The number of nitrogens with two attached hydrogens (primary N) is 1. The summed E-state index contributed by atoms with van der Waals surface area (Å²) in [5.41, 5.74) is 4.94. The second kappa shape index (κ2) is 10.1. The summed E-state index contributed by atoms with van der Waals surface area (Å²) in [4.78, 5) is 46.7. The van der Waals surface area contributed by atoms with Crippen LogP contribution in [0.2, 0.25) is 0 Å². The van der Waals surface area contributed by atoms with E-state index in [1.165, 1.54) is 20.0 Å². The molecule has 1 aliphatic heterocycles. The Morgan fingerprint density at radius 3 is 2.45 bits per heavy atom. The number of hydrogen-bond donors (Lipinski definition) is 2. The zero-order valence-corrected chi connectivity index (χ0v) is 17.7. The van der Waals surface area contributed by atoms with E-state index in [0.29, 0.717) is 5.56 Å². The van der Waals surface area contributed by atoms with Crippen molar-refractivity contribution in [2.45, 2.75) is 51.7 Å². The first-order chi connectivity index (χ1) is 14.5. The highest BCUT2D eigenvalue weighted by atomic mass is 16.7. The Morgan fingerprint density at radius 2 is 1.87 bits per heavy atom. The summed E-state index contributed by atoms with van der Waals surface area (Å²) in [6.07, 6.45) is -0.923. The Kier molecular flexibility index (Phi) is 7.76. The first-order valence-electron chi connectivity index (χ1n) is 9.50. The van der Waals surface area contributed by atoms with Crippen molar-refractivity contribution in [3.63, 3.8) is 0 Å². The molecule has 0 aromatic heterocycles. The summed E-state index contributed by atoms with van der Waals surface area (Å²) in [5.74, 6) is -2.59. The maximum absolute atomic E-state index is 12.5. The fourth-order valence-corrected chi connectivity index (χ4v) is 3.15. The van der Waals surface area contributed by atoms with E-state index >= 15 is 0 Å². The molecule has 1 aliphatic rings. The van der Waals surface area contributed by atoms with Gasteiger partial charge in [0.2, 0.25) is 5.91 Å². The normalized spacial score (nSPS) is 25.1. The van der Waals surface area contributed by atoms with Gasteiger partial charge in [0.15, 0.2) is 18.4 Å². The second-order valence-electron chi connectivity index (χ2n) is 7.30. The van der Waals surface area contributed by atoms with Gasteiger partial charge in [0.25, 0.3) is 0 Å². The molecule has 0 saturated carbocycles. The highest BCUT2D eigenvalue weighted by molar-refractivity contribution is 5.89. The molecule has 0 radical (unpaired) electrons. The zero-order valence-electron chi connectivity index (χ0n) is 17.7. The van der Waals surface area contributed by atoms with Crippen molar-refractivity contribution in [3.05, 3.63) is 47.7 Å². The van der Waals surface area contributed by atoms with Crippen molar-refractivity contribution in [1.29, 1.82) is 0 Å². The van der Waals surface area contributed by atoms with Gasteiger partial charge in [-0.3, -0.25) is 14.4 Å². The van der Waals surface area contributed by atoms with Crippen LogP contribution in [-0.4, -0.2) is 54.5 Å². The van der Waals surface area contributed by atoms with E-state index < -0.39 is 47.9 Å². The van der Waals surface area contributed by atoms with E-state index in [0.717, 1.165) is 11.6 Å². The molecule has 31 heavy (non-hydrogen) atoms. The highest BCUT2D eigenvalue weighted by Crippen LogP contribution is 2.35. The number of primary amides is 1. The van der Waals surface area contributed by atoms with Crippen LogP contribution in [0.5, 0.6) is 0 Å². The standard InChI is InChI=1S/C21H26N2O8/c1-12-6-5-7-15(10-12)20(27)28-11-21(4)18(30-14(3)25)17(29-13(2)24)19(31-21)23-9-8-16(22)26/h5-10,17-19,23H,11H2,1-4H3,(H2,22,26)/b9-8-/t17-,18+,19-,21-/m1/s1. The molecule has 168 valence electrons. The molecule has 10 nitrogen and oxygen atoms in total. The monoisotopic (exact) mass is 434 g/mol. The summed E-state index contributed by atoms with van der Waals surface area (Å²) in [6.45, 7) is 5.48. The number of carbonyl (C=O) groups excluding carboxylic acids is 4. The van der Waals surface area contributed by atoms with Gasteiger partial charge in [0.05, 0.1) is 5.56 Å². The van der Waals surface area contributed by atoms with Gasteiger partial charge in [-0.1, -0.05) is 17.7 Å². The number of ether oxygens (including phenoxy) is 4. The molecule has 0 aliphatic carbocycles. The minimum Gasteiger partial charge on any atom is -0.459 e. The first kappa shape index (κ1) is 23.9. The van der Waals surface area contributed by atoms with Gasteiger partial charge in [0.1, 0.15) is 12.2 Å². The molecule has 2 rings (SSSR count). The number of hydrogen-bond acceptors (Lipinski definition) is 9. The van der Waals surface area contributed by atoms with E-state index in [-0.39, 0.29) is 6.61 Å². The van der Waals surface area contributed by atoms with Gasteiger partial charge >= 0.3 is 17.9 Å². The Labute approximate surface area is 179 Å². The third-order valence-electron chi connectivity index (χ3n) is 4.44. The average molecular weight is 434 g/mol. The van der Waals surface area contributed by atoms with Crippen LogP contribution >= 0.6 is 0 Å². The van der Waals surface area contributed by atoms with Crippen molar-refractivity contribution in [1.82, 2.24) is 5.32 Å². The van der Waals surface area contributed by atoms with Crippen LogP contribution in [0.15, 0.2) is 36.5 Å². The lowest BCUT2D eigenvalue weighted by molar-refractivity contribution is -0.169. The van der Waals surface area contributed by atoms with Crippen LogP contribution in [0.25, 0.3) is 0 Å². The van der Waals surface area contributed by atoms with E-state index in [4.69, 9.17) is 24.7 Å². The molecule has 4 atom stereocenters. The summed E-state index contributed by atoms with van der Waals surface area (Å²) >= 11 is 0. The Hall–Kier alpha value is -3.40. The van der Waals surface area contributed by atoms with Crippen LogP contribution in [0.4, 0.5) is 0 Å².